The topological polar surface area (TPSA) is 40.5 Å². The summed E-state index contributed by atoms with van der Waals surface area (Å²) in [5.41, 5.74) is 2.53. The zero-order valence-electron chi connectivity index (χ0n) is 12.8. The van der Waals surface area contributed by atoms with E-state index in [1.54, 1.807) is 13.0 Å². The van der Waals surface area contributed by atoms with E-state index in [1.807, 2.05) is 54.5 Å². The summed E-state index contributed by atoms with van der Waals surface area (Å²) >= 11 is 0. The molecule has 0 amide bonds. The second-order valence-electron chi connectivity index (χ2n) is 2.73. The lowest BCUT2D eigenvalue weighted by Gasteiger charge is -2.05. The summed E-state index contributed by atoms with van der Waals surface area (Å²) in [4.78, 5) is 0. The van der Waals surface area contributed by atoms with Crippen molar-refractivity contribution in [2.45, 2.75) is 62.0 Å². The fraction of sp³-hybridized carbons (Fsp3) is 0.600. The van der Waals surface area contributed by atoms with E-state index in [1.165, 1.54) is 0 Å². The van der Waals surface area contributed by atoms with Crippen molar-refractivity contribution in [3.8, 4) is 5.75 Å². The molecule has 0 saturated heterocycles. The van der Waals surface area contributed by atoms with Crippen LogP contribution in [0.4, 0.5) is 0 Å². The second kappa shape index (κ2) is 15.0. The van der Waals surface area contributed by atoms with Crippen molar-refractivity contribution in [1.29, 1.82) is 0 Å². The van der Waals surface area contributed by atoms with E-state index in [-0.39, 0.29) is 12.4 Å². The first-order valence-electron chi connectivity index (χ1n) is 6.55. The van der Waals surface area contributed by atoms with Gasteiger partial charge in [-0.25, -0.2) is 0 Å². The fourth-order valence-corrected chi connectivity index (χ4v) is 1.08. The average Bonchev–Trinajstić information content (AvgIpc) is 2.41. The number of benzene rings is 1. The van der Waals surface area contributed by atoms with Crippen molar-refractivity contribution in [3.63, 3.8) is 0 Å². The number of rotatable bonds is 1. The van der Waals surface area contributed by atoms with Gasteiger partial charge in [0.05, 0.1) is 6.61 Å². The van der Waals surface area contributed by atoms with Crippen molar-refractivity contribution in [3.05, 3.63) is 28.8 Å². The molecular formula is C15H30O2. The van der Waals surface area contributed by atoms with Gasteiger partial charge in [0.15, 0.2) is 0 Å². The highest BCUT2D eigenvalue weighted by atomic mass is 16.3. The number of aryl methyl sites for hydroxylation is 1. The van der Waals surface area contributed by atoms with Crippen LogP contribution in [0.2, 0.25) is 0 Å². The zero-order chi connectivity index (χ0) is 14.4. The highest BCUT2D eigenvalue weighted by molar-refractivity contribution is 5.41. The van der Waals surface area contributed by atoms with Crippen LogP contribution < -0.4 is 0 Å². The standard InChI is InChI=1S/C9H12O2.3C2H6/c1-6-3-8(5-10)7(2)9(11)4-6;3*1-2/h3-4,10-11H,5H2,1-2H3;3*1-2H3. The maximum atomic E-state index is 9.30. The Morgan fingerprint density at radius 1 is 0.882 bits per heavy atom. The molecule has 0 unspecified atom stereocenters. The minimum Gasteiger partial charge on any atom is -0.508 e. The molecule has 0 bridgehead atoms. The lowest BCUT2D eigenvalue weighted by atomic mass is 10.1. The van der Waals surface area contributed by atoms with Crippen LogP contribution in [0.3, 0.4) is 0 Å². The number of phenolic OH excluding ortho intramolecular Hbond substituents is 1. The van der Waals surface area contributed by atoms with E-state index in [4.69, 9.17) is 5.11 Å². The van der Waals surface area contributed by atoms with Crippen LogP contribution >= 0.6 is 0 Å². The van der Waals surface area contributed by atoms with E-state index in [2.05, 4.69) is 0 Å². The third-order valence-electron chi connectivity index (χ3n) is 1.80. The maximum Gasteiger partial charge on any atom is 0.119 e. The van der Waals surface area contributed by atoms with E-state index >= 15 is 0 Å². The Hall–Kier alpha value is -1.02. The number of hydrogen-bond donors (Lipinski definition) is 2. The van der Waals surface area contributed by atoms with Crippen molar-refractivity contribution in [2.24, 2.45) is 0 Å². The van der Waals surface area contributed by atoms with Crippen LogP contribution in [-0.2, 0) is 6.61 Å². The van der Waals surface area contributed by atoms with Crippen LogP contribution in [0.15, 0.2) is 12.1 Å². The summed E-state index contributed by atoms with van der Waals surface area (Å²) in [6.07, 6.45) is 0. The molecule has 0 radical (unpaired) electrons. The van der Waals surface area contributed by atoms with Crippen LogP contribution in [0, 0.1) is 13.8 Å². The molecule has 2 N–H and O–H groups in total. The molecule has 17 heavy (non-hydrogen) atoms. The first-order valence-corrected chi connectivity index (χ1v) is 6.55. The quantitative estimate of drug-likeness (QED) is 0.756. The molecule has 0 heterocycles. The fourth-order valence-electron chi connectivity index (χ4n) is 1.08. The highest BCUT2D eigenvalue weighted by Crippen LogP contribution is 2.21. The molecule has 1 aromatic rings. The number of aromatic hydroxyl groups is 1. The molecule has 0 saturated carbocycles. The molecule has 0 aliphatic rings. The van der Waals surface area contributed by atoms with Crippen LogP contribution in [0.5, 0.6) is 5.75 Å². The van der Waals surface area contributed by atoms with E-state index in [9.17, 15) is 5.11 Å². The molecule has 102 valence electrons. The van der Waals surface area contributed by atoms with Gasteiger partial charge in [-0.05, 0) is 36.6 Å². The van der Waals surface area contributed by atoms with Crippen molar-refractivity contribution in [1.82, 2.24) is 0 Å². The minimum absolute atomic E-state index is 0.0128. The first kappa shape index (κ1) is 21.3. The third kappa shape index (κ3) is 8.75. The summed E-state index contributed by atoms with van der Waals surface area (Å²) in [5, 5.41) is 18.2. The normalized spacial score (nSPS) is 7.59. The van der Waals surface area contributed by atoms with Crippen LogP contribution in [0.1, 0.15) is 58.2 Å². The molecule has 0 aliphatic heterocycles. The van der Waals surface area contributed by atoms with Gasteiger partial charge in [0.1, 0.15) is 5.75 Å². The number of aliphatic hydroxyl groups is 1. The predicted molar refractivity (Wildman–Crippen MR) is 77.5 cm³/mol. The Bertz CT molecular complexity index is 268. The predicted octanol–water partition coefficient (Wildman–Crippen LogP) is 4.58. The largest absolute Gasteiger partial charge is 0.508 e. The first-order chi connectivity index (χ1) is 8.15. The molecule has 0 fully saturated rings. The molecule has 1 rings (SSSR count). The van der Waals surface area contributed by atoms with Gasteiger partial charge >= 0.3 is 0 Å². The molecule has 0 aliphatic carbocycles. The Morgan fingerprint density at radius 2 is 1.29 bits per heavy atom. The monoisotopic (exact) mass is 242 g/mol. The maximum absolute atomic E-state index is 9.30. The molecule has 0 aromatic heterocycles. The van der Waals surface area contributed by atoms with Gasteiger partial charge in [-0.15, -0.1) is 0 Å². The number of phenols is 1. The van der Waals surface area contributed by atoms with E-state index in [0.29, 0.717) is 0 Å². The Kier molecular flexibility index (Phi) is 18.8. The smallest absolute Gasteiger partial charge is 0.119 e. The zero-order valence-corrected chi connectivity index (χ0v) is 12.8. The lowest BCUT2D eigenvalue weighted by Crippen LogP contribution is -1.89. The van der Waals surface area contributed by atoms with Gasteiger partial charge in [0.2, 0.25) is 0 Å². The van der Waals surface area contributed by atoms with Crippen molar-refractivity contribution < 1.29 is 10.2 Å². The molecule has 2 heteroatoms. The summed E-state index contributed by atoms with van der Waals surface area (Å²) < 4.78 is 0. The SMILES string of the molecule is CC.CC.CC.Cc1cc(O)c(C)c(CO)c1. The van der Waals surface area contributed by atoms with Crippen LogP contribution in [-0.4, -0.2) is 10.2 Å². The lowest BCUT2D eigenvalue weighted by molar-refractivity contribution is 0.280. The second-order valence-corrected chi connectivity index (χ2v) is 2.73. The summed E-state index contributed by atoms with van der Waals surface area (Å²) in [7, 11) is 0. The molecule has 0 spiro atoms. The third-order valence-corrected chi connectivity index (χ3v) is 1.80. The molecule has 2 nitrogen and oxygen atoms in total. The Labute approximate surface area is 107 Å². The van der Waals surface area contributed by atoms with Gasteiger partial charge in [0.25, 0.3) is 0 Å². The van der Waals surface area contributed by atoms with Gasteiger partial charge in [-0.2, -0.15) is 0 Å². The van der Waals surface area contributed by atoms with E-state index in [0.717, 1.165) is 16.7 Å². The summed E-state index contributed by atoms with van der Waals surface area (Å²) in [6.45, 7) is 15.7. The molecule has 0 atom stereocenters. The number of hydrogen-bond acceptors (Lipinski definition) is 2. The molecule has 1 aromatic carbocycles. The van der Waals surface area contributed by atoms with Crippen molar-refractivity contribution >= 4 is 0 Å². The average molecular weight is 242 g/mol. The summed E-state index contributed by atoms with van der Waals surface area (Å²) in [6, 6.07) is 3.56. The highest BCUT2D eigenvalue weighted by Gasteiger charge is 2.02. The molecular weight excluding hydrogens is 212 g/mol. The van der Waals surface area contributed by atoms with Crippen LogP contribution in [0.25, 0.3) is 0 Å². The van der Waals surface area contributed by atoms with Gasteiger partial charge in [-0.3, -0.25) is 0 Å². The van der Waals surface area contributed by atoms with Gasteiger partial charge < -0.3 is 10.2 Å². The Morgan fingerprint density at radius 3 is 1.65 bits per heavy atom. The summed E-state index contributed by atoms with van der Waals surface area (Å²) in [5.74, 6) is 0.258. The van der Waals surface area contributed by atoms with Gasteiger partial charge in [-0.1, -0.05) is 47.6 Å². The Balaban J connectivity index is -0.000000285. The van der Waals surface area contributed by atoms with Gasteiger partial charge in [0, 0.05) is 0 Å². The minimum atomic E-state index is -0.0128. The number of aliphatic hydroxyl groups excluding tert-OH is 1. The van der Waals surface area contributed by atoms with E-state index < -0.39 is 0 Å². The van der Waals surface area contributed by atoms with Crippen molar-refractivity contribution in [2.75, 3.05) is 0 Å².